The van der Waals surface area contributed by atoms with Crippen LogP contribution in [-0.4, -0.2) is 0 Å². The summed E-state index contributed by atoms with van der Waals surface area (Å²) < 4.78 is 6.59. The maximum Gasteiger partial charge on any atom is 0.143 e. The molecule has 2 nitrogen and oxygen atoms in total. The minimum atomic E-state index is -0.184. The summed E-state index contributed by atoms with van der Waals surface area (Å²) in [6.07, 6.45) is 0. The molecular formula is C60H45NO. The van der Waals surface area contributed by atoms with E-state index in [1.165, 1.54) is 83.3 Å². The van der Waals surface area contributed by atoms with Crippen molar-refractivity contribution in [3.05, 3.63) is 222 Å². The number of anilines is 3. The van der Waals surface area contributed by atoms with Gasteiger partial charge in [-0.15, -0.1) is 0 Å². The summed E-state index contributed by atoms with van der Waals surface area (Å²) in [6, 6.07) is 73.4. The van der Waals surface area contributed by atoms with E-state index in [4.69, 9.17) is 4.42 Å². The van der Waals surface area contributed by atoms with Crippen LogP contribution in [0.3, 0.4) is 0 Å². The summed E-state index contributed by atoms with van der Waals surface area (Å²) in [5, 5.41) is 2.34. The average molecular weight is 796 g/mol. The van der Waals surface area contributed by atoms with E-state index < -0.39 is 0 Å². The summed E-state index contributed by atoms with van der Waals surface area (Å²) in [5.41, 5.74) is 22.8. The molecule has 10 aromatic rings. The third-order valence-electron chi connectivity index (χ3n) is 13.9. The molecule has 0 N–H and O–H groups in total. The fraction of sp³-hybridized carbons (Fsp3) is 0.100. The molecule has 2 aliphatic rings. The summed E-state index contributed by atoms with van der Waals surface area (Å²) in [5.74, 6) is 0. The SMILES string of the molecule is CC1(C)c2ccccc2-c2c(-c3ccc(N(c4ccc(-c5ccccc5)cc4)c4cccc(-c5ccc6c(c5)C(C)(C)c5ccc7c(oc8ccccc87)c5-6)c4)cc3)cccc21. The third-order valence-corrected chi connectivity index (χ3v) is 13.9. The van der Waals surface area contributed by atoms with Crippen LogP contribution in [0.2, 0.25) is 0 Å². The number of para-hydroxylation sites is 1. The van der Waals surface area contributed by atoms with Gasteiger partial charge in [0, 0.05) is 44.2 Å². The minimum Gasteiger partial charge on any atom is -0.455 e. The van der Waals surface area contributed by atoms with Gasteiger partial charge in [0.2, 0.25) is 0 Å². The van der Waals surface area contributed by atoms with Crippen LogP contribution in [0.25, 0.3) is 77.6 Å². The van der Waals surface area contributed by atoms with Crippen LogP contribution < -0.4 is 4.90 Å². The van der Waals surface area contributed by atoms with E-state index in [0.29, 0.717) is 0 Å². The number of fused-ring (bicyclic) bond motifs is 10. The molecule has 62 heavy (non-hydrogen) atoms. The Hall–Kier alpha value is -7.42. The van der Waals surface area contributed by atoms with Gasteiger partial charge >= 0.3 is 0 Å². The van der Waals surface area contributed by atoms with Crippen molar-refractivity contribution in [2.75, 3.05) is 4.90 Å². The third kappa shape index (κ3) is 5.43. The van der Waals surface area contributed by atoms with E-state index >= 15 is 0 Å². The first-order valence-electron chi connectivity index (χ1n) is 21.8. The van der Waals surface area contributed by atoms with Crippen LogP contribution in [0.5, 0.6) is 0 Å². The topological polar surface area (TPSA) is 16.4 Å². The molecule has 2 aliphatic carbocycles. The van der Waals surface area contributed by atoms with Crippen LogP contribution in [-0.2, 0) is 10.8 Å². The Bertz CT molecular complexity index is 3390. The molecule has 0 radical (unpaired) electrons. The summed E-state index contributed by atoms with van der Waals surface area (Å²) in [6.45, 7) is 9.39. The molecule has 2 heteroatoms. The van der Waals surface area contributed by atoms with Gasteiger partial charge in [-0.1, -0.05) is 179 Å². The van der Waals surface area contributed by atoms with Crippen LogP contribution in [0, 0.1) is 0 Å². The highest BCUT2D eigenvalue weighted by atomic mass is 16.3. The van der Waals surface area contributed by atoms with Crippen LogP contribution in [0.1, 0.15) is 49.9 Å². The Kier molecular flexibility index (Phi) is 7.96. The lowest BCUT2D eigenvalue weighted by Crippen LogP contribution is -2.15. The molecule has 12 rings (SSSR count). The summed E-state index contributed by atoms with van der Waals surface area (Å²) in [7, 11) is 0. The average Bonchev–Trinajstić information content (AvgIpc) is 3.89. The Morgan fingerprint density at radius 1 is 0.339 bits per heavy atom. The quantitative estimate of drug-likeness (QED) is 0.167. The Labute approximate surface area is 363 Å². The maximum atomic E-state index is 6.59. The molecule has 0 spiro atoms. The molecule has 9 aromatic carbocycles. The van der Waals surface area contributed by atoms with Crippen molar-refractivity contribution in [1.82, 2.24) is 0 Å². The van der Waals surface area contributed by atoms with Crippen molar-refractivity contribution >= 4 is 39.0 Å². The molecule has 1 heterocycles. The van der Waals surface area contributed by atoms with Crippen LogP contribution >= 0.6 is 0 Å². The predicted molar refractivity (Wildman–Crippen MR) is 260 cm³/mol. The lowest BCUT2D eigenvalue weighted by Gasteiger charge is -2.27. The second-order valence-electron chi connectivity index (χ2n) is 18.1. The molecule has 0 atom stereocenters. The number of benzene rings is 9. The fourth-order valence-corrected chi connectivity index (χ4v) is 10.7. The van der Waals surface area contributed by atoms with E-state index in [2.05, 4.69) is 233 Å². The van der Waals surface area contributed by atoms with Gasteiger partial charge < -0.3 is 9.32 Å². The van der Waals surface area contributed by atoms with Gasteiger partial charge in [-0.25, -0.2) is 0 Å². The molecule has 0 amide bonds. The van der Waals surface area contributed by atoms with Gasteiger partial charge in [0.15, 0.2) is 0 Å². The van der Waals surface area contributed by atoms with Gasteiger partial charge in [-0.3, -0.25) is 0 Å². The van der Waals surface area contributed by atoms with Crippen LogP contribution in [0.4, 0.5) is 17.1 Å². The zero-order valence-electron chi connectivity index (χ0n) is 35.4. The Morgan fingerprint density at radius 3 is 1.71 bits per heavy atom. The second-order valence-corrected chi connectivity index (χ2v) is 18.1. The van der Waals surface area contributed by atoms with Crippen molar-refractivity contribution in [3.8, 4) is 55.6 Å². The molecule has 0 aliphatic heterocycles. The van der Waals surface area contributed by atoms with Crippen molar-refractivity contribution in [1.29, 1.82) is 0 Å². The number of rotatable bonds is 6. The summed E-state index contributed by atoms with van der Waals surface area (Å²) in [4.78, 5) is 2.39. The highest BCUT2D eigenvalue weighted by molar-refractivity contribution is 6.12. The monoisotopic (exact) mass is 795 g/mol. The first kappa shape index (κ1) is 36.4. The van der Waals surface area contributed by atoms with E-state index in [1.807, 2.05) is 0 Å². The Morgan fingerprint density at radius 2 is 0.903 bits per heavy atom. The zero-order chi connectivity index (χ0) is 41.7. The van der Waals surface area contributed by atoms with E-state index in [-0.39, 0.29) is 10.8 Å². The standard InChI is InChI=1S/C60H45NO/c1-59(2)51-21-10-8-19-49(51)56-46(20-13-22-52(56)59)40-26-31-44(32-27-40)61(43-29-24-39(25-30-43)38-14-6-5-7-15-38)45-17-12-16-41(36-45)42-28-33-50-54(37-42)60(3,4)53-35-34-48-47-18-9-11-23-55(47)62-58(48)57(50)53/h5-37H,1-4H3. The molecule has 0 unspecified atom stereocenters. The fourth-order valence-electron chi connectivity index (χ4n) is 10.7. The normalized spacial score (nSPS) is 14.1. The molecule has 296 valence electrons. The van der Waals surface area contributed by atoms with E-state index in [1.54, 1.807) is 0 Å². The highest BCUT2D eigenvalue weighted by Gasteiger charge is 2.39. The number of hydrogen-bond acceptors (Lipinski definition) is 2. The van der Waals surface area contributed by atoms with Crippen LogP contribution in [0.15, 0.2) is 205 Å². The van der Waals surface area contributed by atoms with Crippen molar-refractivity contribution < 1.29 is 4.42 Å². The van der Waals surface area contributed by atoms with Gasteiger partial charge in [0.05, 0.1) is 0 Å². The second kappa shape index (κ2) is 13.5. The van der Waals surface area contributed by atoms with Crippen molar-refractivity contribution in [3.63, 3.8) is 0 Å². The van der Waals surface area contributed by atoms with Gasteiger partial charge in [0.1, 0.15) is 11.2 Å². The lowest BCUT2D eigenvalue weighted by molar-refractivity contribution is 0.653. The first-order valence-corrected chi connectivity index (χ1v) is 21.8. The molecule has 0 fully saturated rings. The Balaban J connectivity index is 0.955. The largest absolute Gasteiger partial charge is 0.455 e. The van der Waals surface area contributed by atoms with Gasteiger partial charge in [-0.05, 0) is 121 Å². The van der Waals surface area contributed by atoms with Crippen molar-refractivity contribution in [2.24, 2.45) is 0 Å². The number of furan rings is 1. The lowest BCUT2D eigenvalue weighted by atomic mass is 9.81. The predicted octanol–water partition coefficient (Wildman–Crippen LogP) is 16.7. The molecule has 0 bridgehead atoms. The smallest absolute Gasteiger partial charge is 0.143 e. The van der Waals surface area contributed by atoms with E-state index in [0.717, 1.165) is 33.6 Å². The zero-order valence-corrected chi connectivity index (χ0v) is 35.4. The number of nitrogens with zero attached hydrogens (tertiary/aromatic N) is 1. The molecule has 0 saturated heterocycles. The van der Waals surface area contributed by atoms with Gasteiger partial charge in [0.25, 0.3) is 0 Å². The molecular weight excluding hydrogens is 751 g/mol. The van der Waals surface area contributed by atoms with E-state index in [9.17, 15) is 0 Å². The molecule has 1 aromatic heterocycles. The maximum absolute atomic E-state index is 6.59. The summed E-state index contributed by atoms with van der Waals surface area (Å²) >= 11 is 0. The van der Waals surface area contributed by atoms with Crippen molar-refractivity contribution in [2.45, 2.75) is 38.5 Å². The van der Waals surface area contributed by atoms with Gasteiger partial charge in [-0.2, -0.15) is 0 Å². The first-order chi connectivity index (χ1) is 30.3. The highest BCUT2D eigenvalue weighted by Crippen LogP contribution is 2.54. The number of hydrogen-bond donors (Lipinski definition) is 0. The molecule has 0 saturated carbocycles. The minimum absolute atomic E-state index is 0.0464.